The van der Waals surface area contributed by atoms with Crippen LogP contribution < -0.4 is 10.6 Å². The predicted octanol–water partition coefficient (Wildman–Crippen LogP) is 3.76. The fourth-order valence-electron chi connectivity index (χ4n) is 1.58. The van der Waals surface area contributed by atoms with Crippen LogP contribution >= 0.6 is 23.2 Å². The number of carbonyl (C=O) groups excluding carboxylic acids is 1. The second-order valence-corrected chi connectivity index (χ2v) is 5.10. The van der Waals surface area contributed by atoms with Gasteiger partial charge in [-0.25, -0.2) is 9.59 Å². The molecule has 0 aliphatic carbocycles. The summed E-state index contributed by atoms with van der Waals surface area (Å²) in [5, 5.41) is 14.6. The molecule has 0 saturated heterocycles. The third-order valence-electron chi connectivity index (χ3n) is 2.63. The van der Waals surface area contributed by atoms with E-state index < -0.39 is 18.0 Å². The van der Waals surface area contributed by atoms with Gasteiger partial charge in [0.25, 0.3) is 0 Å². The molecule has 2 amide bonds. The number of halogens is 2. The average molecular weight is 319 g/mol. The molecule has 1 rings (SSSR count). The summed E-state index contributed by atoms with van der Waals surface area (Å²) in [6, 6.07) is 3.08. The quantitative estimate of drug-likeness (QED) is 0.747. The minimum absolute atomic E-state index is 0.324. The van der Waals surface area contributed by atoms with Crippen molar-refractivity contribution in [2.24, 2.45) is 0 Å². The SMILES string of the molecule is CCCCC(NC(=O)Nc1cc(Cl)ccc1Cl)C(=O)O. The van der Waals surface area contributed by atoms with Crippen LogP contribution in [0.15, 0.2) is 18.2 Å². The van der Waals surface area contributed by atoms with Crippen molar-refractivity contribution in [3.63, 3.8) is 0 Å². The van der Waals surface area contributed by atoms with Gasteiger partial charge < -0.3 is 15.7 Å². The topological polar surface area (TPSA) is 78.4 Å². The Morgan fingerprint density at radius 2 is 2.05 bits per heavy atom. The molecule has 0 saturated carbocycles. The normalized spacial score (nSPS) is 11.8. The first-order chi connectivity index (χ1) is 9.43. The zero-order valence-electron chi connectivity index (χ0n) is 11.0. The number of anilines is 1. The first kappa shape index (κ1) is 16.6. The Kier molecular flexibility index (Phi) is 6.61. The zero-order valence-corrected chi connectivity index (χ0v) is 12.5. The maximum atomic E-state index is 11.8. The van der Waals surface area contributed by atoms with Crippen LogP contribution in [0.5, 0.6) is 0 Å². The van der Waals surface area contributed by atoms with Crippen molar-refractivity contribution < 1.29 is 14.7 Å². The number of urea groups is 1. The molecule has 1 aromatic carbocycles. The van der Waals surface area contributed by atoms with Gasteiger partial charge in [-0.3, -0.25) is 0 Å². The first-order valence-corrected chi connectivity index (χ1v) is 6.95. The van der Waals surface area contributed by atoms with Crippen molar-refractivity contribution in [2.75, 3.05) is 5.32 Å². The molecule has 1 unspecified atom stereocenters. The standard InChI is InChI=1S/C13H16Cl2N2O3/c1-2-3-4-10(12(18)19)16-13(20)17-11-7-8(14)5-6-9(11)15/h5-7,10H,2-4H2,1H3,(H,18,19)(H2,16,17,20). The van der Waals surface area contributed by atoms with Gasteiger partial charge in [-0.2, -0.15) is 0 Å². The van der Waals surface area contributed by atoms with Crippen molar-refractivity contribution in [1.82, 2.24) is 5.32 Å². The molecular weight excluding hydrogens is 303 g/mol. The fourth-order valence-corrected chi connectivity index (χ4v) is 1.91. The predicted molar refractivity (Wildman–Crippen MR) is 79.6 cm³/mol. The van der Waals surface area contributed by atoms with E-state index in [4.69, 9.17) is 28.3 Å². The molecule has 7 heteroatoms. The molecule has 3 N–H and O–H groups in total. The van der Waals surface area contributed by atoms with E-state index in [1.165, 1.54) is 6.07 Å². The second-order valence-electron chi connectivity index (χ2n) is 4.26. The van der Waals surface area contributed by atoms with E-state index in [0.29, 0.717) is 22.2 Å². The molecule has 0 aliphatic heterocycles. The molecule has 1 atom stereocenters. The largest absolute Gasteiger partial charge is 0.480 e. The maximum absolute atomic E-state index is 11.8. The Morgan fingerprint density at radius 3 is 2.65 bits per heavy atom. The van der Waals surface area contributed by atoms with Crippen molar-refractivity contribution in [1.29, 1.82) is 0 Å². The van der Waals surface area contributed by atoms with Crippen molar-refractivity contribution in [3.05, 3.63) is 28.2 Å². The summed E-state index contributed by atoms with van der Waals surface area (Å²) in [7, 11) is 0. The van der Waals surface area contributed by atoms with Gasteiger partial charge in [0.1, 0.15) is 6.04 Å². The minimum atomic E-state index is -1.06. The molecule has 0 aliphatic rings. The molecule has 0 radical (unpaired) electrons. The van der Waals surface area contributed by atoms with E-state index in [2.05, 4.69) is 10.6 Å². The molecule has 0 heterocycles. The van der Waals surface area contributed by atoms with Gasteiger partial charge >= 0.3 is 12.0 Å². The maximum Gasteiger partial charge on any atom is 0.326 e. The smallest absolute Gasteiger partial charge is 0.326 e. The average Bonchev–Trinajstić information content (AvgIpc) is 2.38. The fraction of sp³-hybridized carbons (Fsp3) is 0.385. The van der Waals surface area contributed by atoms with E-state index in [1.54, 1.807) is 12.1 Å². The van der Waals surface area contributed by atoms with E-state index >= 15 is 0 Å². The van der Waals surface area contributed by atoms with Crippen LogP contribution in [0.4, 0.5) is 10.5 Å². The summed E-state index contributed by atoms with van der Waals surface area (Å²) < 4.78 is 0. The summed E-state index contributed by atoms with van der Waals surface area (Å²) in [5.41, 5.74) is 0.330. The summed E-state index contributed by atoms with van der Waals surface area (Å²) in [6.07, 6.45) is 1.95. The van der Waals surface area contributed by atoms with Crippen LogP contribution in [0.1, 0.15) is 26.2 Å². The molecule has 5 nitrogen and oxygen atoms in total. The Hall–Kier alpha value is -1.46. The van der Waals surface area contributed by atoms with Crippen LogP contribution in [0, 0.1) is 0 Å². The highest BCUT2D eigenvalue weighted by Crippen LogP contribution is 2.25. The summed E-state index contributed by atoms with van der Waals surface area (Å²) >= 11 is 11.7. The third kappa shape index (κ3) is 5.27. The molecule has 1 aromatic rings. The lowest BCUT2D eigenvalue weighted by molar-refractivity contribution is -0.139. The van der Waals surface area contributed by atoms with Crippen LogP contribution in [-0.2, 0) is 4.79 Å². The van der Waals surface area contributed by atoms with Gasteiger partial charge in [0, 0.05) is 5.02 Å². The molecular formula is C13H16Cl2N2O3. The minimum Gasteiger partial charge on any atom is -0.480 e. The number of unbranched alkanes of at least 4 members (excludes halogenated alkanes) is 1. The third-order valence-corrected chi connectivity index (χ3v) is 3.19. The van der Waals surface area contributed by atoms with Gasteiger partial charge in [-0.05, 0) is 24.6 Å². The lowest BCUT2D eigenvalue weighted by Gasteiger charge is -2.15. The Bertz CT molecular complexity index is 495. The van der Waals surface area contributed by atoms with Crippen LogP contribution in [-0.4, -0.2) is 23.1 Å². The van der Waals surface area contributed by atoms with Gasteiger partial charge in [0.2, 0.25) is 0 Å². The first-order valence-electron chi connectivity index (χ1n) is 6.19. The molecule has 20 heavy (non-hydrogen) atoms. The number of benzene rings is 1. The number of nitrogens with one attached hydrogen (secondary N) is 2. The highest BCUT2D eigenvalue weighted by Gasteiger charge is 2.19. The number of carbonyl (C=O) groups is 2. The van der Waals surface area contributed by atoms with E-state index in [9.17, 15) is 9.59 Å². The highest BCUT2D eigenvalue weighted by molar-refractivity contribution is 6.35. The Balaban J connectivity index is 2.65. The number of amides is 2. The Morgan fingerprint density at radius 1 is 1.35 bits per heavy atom. The molecule has 110 valence electrons. The number of carboxylic acid groups (broad SMARTS) is 1. The summed E-state index contributed by atoms with van der Waals surface area (Å²) in [5.74, 6) is -1.06. The monoisotopic (exact) mass is 318 g/mol. The van der Waals surface area contributed by atoms with Gasteiger partial charge in [0.15, 0.2) is 0 Å². The highest BCUT2D eigenvalue weighted by atomic mass is 35.5. The number of carboxylic acids is 1. The van der Waals surface area contributed by atoms with E-state index in [-0.39, 0.29) is 0 Å². The Labute approximate surface area is 127 Å². The van der Waals surface area contributed by atoms with Crippen molar-refractivity contribution in [2.45, 2.75) is 32.2 Å². The number of hydrogen-bond donors (Lipinski definition) is 3. The summed E-state index contributed by atoms with van der Waals surface area (Å²) in [6.45, 7) is 1.95. The second kappa shape index (κ2) is 7.97. The van der Waals surface area contributed by atoms with Gasteiger partial charge in [-0.15, -0.1) is 0 Å². The number of aliphatic carboxylic acids is 1. The van der Waals surface area contributed by atoms with E-state index in [0.717, 1.165) is 12.8 Å². The number of hydrogen-bond acceptors (Lipinski definition) is 2. The number of rotatable bonds is 6. The summed E-state index contributed by atoms with van der Waals surface area (Å²) in [4.78, 5) is 22.8. The van der Waals surface area contributed by atoms with Crippen molar-refractivity contribution >= 4 is 40.9 Å². The molecule has 0 bridgehead atoms. The van der Waals surface area contributed by atoms with Crippen LogP contribution in [0.2, 0.25) is 10.0 Å². The zero-order chi connectivity index (χ0) is 15.1. The van der Waals surface area contributed by atoms with E-state index in [1.807, 2.05) is 6.92 Å². The van der Waals surface area contributed by atoms with Crippen LogP contribution in [0.25, 0.3) is 0 Å². The van der Waals surface area contributed by atoms with Crippen molar-refractivity contribution in [3.8, 4) is 0 Å². The van der Waals surface area contributed by atoms with Crippen LogP contribution in [0.3, 0.4) is 0 Å². The lowest BCUT2D eigenvalue weighted by atomic mass is 10.1. The lowest BCUT2D eigenvalue weighted by Crippen LogP contribution is -2.43. The van der Waals surface area contributed by atoms with Gasteiger partial charge in [-0.1, -0.05) is 43.0 Å². The molecule has 0 fully saturated rings. The van der Waals surface area contributed by atoms with Gasteiger partial charge in [0.05, 0.1) is 10.7 Å². The molecule has 0 aromatic heterocycles. The molecule has 0 spiro atoms.